The van der Waals surface area contributed by atoms with Gasteiger partial charge in [0.15, 0.2) is 0 Å². The van der Waals surface area contributed by atoms with Crippen LogP contribution in [-0.2, 0) is 4.79 Å². The number of carbonyl (C=O) groups is 1. The van der Waals surface area contributed by atoms with Gasteiger partial charge in [-0.2, -0.15) is 11.8 Å². The molecule has 2 saturated heterocycles. The van der Waals surface area contributed by atoms with Crippen molar-refractivity contribution in [2.45, 2.75) is 25.8 Å². The maximum absolute atomic E-state index is 11.8. The van der Waals surface area contributed by atoms with E-state index in [2.05, 4.69) is 10.6 Å². The van der Waals surface area contributed by atoms with Gasteiger partial charge in [0.2, 0.25) is 5.91 Å². The lowest BCUT2D eigenvalue weighted by Crippen LogP contribution is -2.41. The van der Waals surface area contributed by atoms with E-state index in [1.165, 1.54) is 17.1 Å². The Morgan fingerprint density at radius 2 is 2.07 bits per heavy atom. The van der Waals surface area contributed by atoms with Crippen LogP contribution in [0.15, 0.2) is 11.1 Å². The van der Waals surface area contributed by atoms with Gasteiger partial charge in [0.1, 0.15) is 0 Å². The molecular weight excluding hydrogens is 208 g/mol. The van der Waals surface area contributed by atoms with E-state index in [1.807, 2.05) is 18.7 Å². The zero-order valence-electron chi connectivity index (χ0n) is 9.14. The van der Waals surface area contributed by atoms with Gasteiger partial charge in [-0.25, -0.2) is 0 Å². The molecule has 84 valence electrons. The van der Waals surface area contributed by atoms with E-state index < -0.39 is 0 Å². The zero-order chi connectivity index (χ0) is 10.7. The van der Waals surface area contributed by atoms with Crippen molar-refractivity contribution < 1.29 is 4.79 Å². The lowest BCUT2D eigenvalue weighted by atomic mass is 10.0. The number of rotatable bonds is 2. The van der Waals surface area contributed by atoms with Crippen LogP contribution in [0.3, 0.4) is 0 Å². The third kappa shape index (κ3) is 2.75. The molecule has 4 heteroatoms. The van der Waals surface area contributed by atoms with Crippen LogP contribution in [0.5, 0.6) is 0 Å². The second-order valence-electron chi connectivity index (χ2n) is 4.19. The first-order valence-corrected chi connectivity index (χ1v) is 6.71. The molecule has 2 aliphatic rings. The van der Waals surface area contributed by atoms with Gasteiger partial charge in [-0.15, -0.1) is 0 Å². The van der Waals surface area contributed by atoms with Crippen molar-refractivity contribution in [3.05, 3.63) is 11.1 Å². The minimum Gasteiger partial charge on any atom is -0.350 e. The second kappa shape index (κ2) is 5.03. The normalized spacial score (nSPS) is 22.1. The molecule has 1 amide bonds. The number of hydrogen-bond acceptors (Lipinski definition) is 3. The minimum atomic E-state index is 0.142. The van der Waals surface area contributed by atoms with E-state index in [1.54, 1.807) is 0 Å². The summed E-state index contributed by atoms with van der Waals surface area (Å²) in [6, 6.07) is 0.405. The molecule has 3 nitrogen and oxygen atoms in total. The molecule has 0 aromatic heterocycles. The maximum Gasteiger partial charge on any atom is 0.247 e. The molecule has 2 aliphatic heterocycles. The molecule has 0 unspecified atom stereocenters. The third-order valence-electron chi connectivity index (χ3n) is 3.10. The first kappa shape index (κ1) is 11.0. The SMILES string of the molecule is CC(C(=O)NC1CCSCC1)=C1CNC1. The quantitative estimate of drug-likeness (QED) is 0.688. The topological polar surface area (TPSA) is 41.1 Å². The van der Waals surface area contributed by atoms with E-state index in [4.69, 9.17) is 0 Å². The van der Waals surface area contributed by atoms with Crippen LogP contribution >= 0.6 is 11.8 Å². The minimum absolute atomic E-state index is 0.142. The van der Waals surface area contributed by atoms with E-state index in [9.17, 15) is 4.79 Å². The molecule has 0 aromatic carbocycles. The summed E-state index contributed by atoms with van der Waals surface area (Å²) in [6.45, 7) is 3.71. The monoisotopic (exact) mass is 226 g/mol. The van der Waals surface area contributed by atoms with Crippen LogP contribution in [0.2, 0.25) is 0 Å². The number of nitrogens with one attached hydrogen (secondary N) is 2. The first-order valence-electron chi connectivity index (χ1n) is 5.55. The second-order valence-corrected chi connectivity index (χ2v) is 5.42. The summed E-state index contributed by atoms with van der Waals surface area (Å²) in [5, 5.41) is 6.29. The lowest BCUT2D eigenvalue weighted by molar-refractivity contribution is -0.118. The molecular formula is C11H18N2OS. The van der Waals surface area contributed by atoms with Gasteiger partial charge in [-0.1, -0.05) is 0 Å². The summed E-state index contributed by atoms with van der Waals surface area (Å²) in [5.41, 5.74) is 2.18. The highest BCUT2D eigenvalue weighted by Crippen LogP contribution is 2.17. The molecule has 15 heavy (non-hydrogen) atoms. The molecule has 2 heterocycles. The Morgan fingerprint density at radius 3 is 2.60 bits per heavy atom. The third-order valence-corrected chi connectivity index (χ3v) is 4.15. The number of carbonyl (C=O) groups excluding carboxylic acids is 1. The van der Waals surface area contributed by atoms with Crippen molar-refractivity contribution >= 4 is 17.7 Å². The van der Waals surface area contributed by atoms with Crippen LogP contribution in [0.25, 0.3) is 0 Å². The molecule has 0 aromatic rings. The summed E-state index contributed by atoms with van der Waals surface area (Å²) in [4.78, 5) is 11.8. The van der Waals surface area contributed by atoms with E-state index in [0.717, 1.165) is 31.5 Å². The van der Waals surface area contributed by atoms with Crippen molar-refractivity contribution in [1.82, 2.24) is 10.6 Å². The maximum atomic E-state index is 11.8. The van der Waals surface area contributed by atoms with Gasteiger partial charge in [-0.05, 0) is 36.8 Å². The Hall–Kier alpha value is -0.480. The van der Waals surface area contributed by atoms with Crippen LogP contribution < -0.4 is 10.6 Å². The standard InChI is InChI=1S/C11H18N2OS/c1-8(9-6-12-7-9)11(14)13-10-2-4-15-5-3-10/h10,12H,2-7H2,1H3,(H,13,14). The van der Waals surface area contributed by atoms with Gasteiger partial charge in [0.25, 0.3) is 0 Å². The molecule has 0 bridgehead atoms. The fourth-order valence-corrected chi connectivity index (χ4v) is 2.92. The Kier molecular flexibility index (Phi) is 3.70. The smallest absolute Gasteiger partial charge is 0.247 e. The Morgan fingerprint density at radius 1 is 1.40 bits per heavy atom. The van der Waals surface area contributed by atoms with Gasteiger partial charge in [0, 0.05) is 24.7 Å². The average Bonchev–Trinajstić information content (AvgIpc) is 2.16. The zero-order valence-corrected chi connectivity index (χ0v) is 9.95. The molecule has 0 atom stereocenters. The molecule has 0 spiro atoms. The summed E-state index contributed by atoms with van der Waals surface area (Å²) >= 11 is 1.98. The van der Waals surface area contributed by atoms with Crippen molar-refractivity contribution in [2.24, 2.45) is 0 Å². The fourth-order valence-electron chi connectivity index (χ4n) is 1.81. The van der Waals surface area contributed by atoms with Crippen LogP contribution in [0.4, 0.5) is 0 Å². The number of amides is 1. The lowest BCUT2D eigenvalue weighted by Gasteiger charge is -2.25. The summed E-state index contributed by atoms with van der Waals surface area (Å²) in [5.74, 6) is 2.51. The Labute approximate surface area is 95.1 Å². The summed E-state index contributed by atoms with van der Waals surface area (Å²) in [6.07, 6.45) is 2.24. The summed E-state index contributed by atoms with van der Waals surface area (Å²) < 4.78 is 0. The molecule has 0 radical (unpaired) electrons. The van der Waals surface area contributed by atoms with Crippen molar-refractivity contribution in [3.8, 4) is 0 Å². The first-order chi connectivity index (χ1) is 7.27. The highest BCUT2D eigenvalue weighted by molar-refractivity contribution is 7.99. The molecule has 2 rings (SSSR count). The number of hydrogen-bond donors (Lipinski definition) is 2. The van der Waals surface area contributed by atoms with Crippen molar-refractivity contribution in [2.75, 3.05) is 24.6 Å². The van der Waals surface area contributed by atoms with Crippen LogP contribution in [-0.4, -0.2) is 36.5 Å². The van der Waals surface area contributed by atoms with Crippen molar-refractivity contribution in [1.29, 1.82) is 0 Å². The van der Waals surface area contributed by atoms with Gasteiger partial charge in [0.05, 0.1) is 0 Å². The number of thioether (sulfide) groups is 1. The average molecular weight is 226 g/mol. The predicted molar refractivity (Wildman–Crippen MR) is 64.1 cm³/mol. The highest BCUT2D eigenvalue weighted by Gasteiger charge is 2.20. The Bertz CT molecular complexity index is 276. The van der Waals surface area contributed by atoms with Gasteiger partial charge >= 0.3 is 0 Å². The highest BCUT2D eigenvalue weighted by atomic mass is 32.2. The molecule has 0 aliphatic carbocycles. The van der Waals surface area contributed by atoms with Gasteiger partial charge in [-0.3, -0.25) is 4.79 Å². The summed E-state index contributed by atoms with van der Waals surface area (Å²) in [7, 11) is 0. The fraction of sp³-hybridized carbons (Fsp3) is 0.727. The Balaban J connectivity index is 1.85. The predicted octanol–water partition coefficient (Wildman–Crippen LogP) is 0.918. The van der Waals surface area contributed by atoms with Crippen molar-refractivity contribution in [3.63, 3.8) is 0 Å². The molecule has 2 fully saturated rings. The van der Waals surface area contributed by atoms with E-state index >= 15 is 0 Å². The van der Waals surface area contributed by atoms with Crippen LogP contribution in [0.1, 0.15) is 19.8 Å². The molecule has 0 saturated carbocycles. The molecule has 2 N–H and O–H groups in total. The van der Waals surface area contributed by atoms with E-state index in [-0.39, 0.29) is 5.91 Å². The van der Waals surface area contributed by atoms with E-state index in [0.29, 0.717) is 6.04 Å². The van der Waals surface area contributed by atoms with Gasteiger partial charge < -0.3 is 10.6 Å². The largest absolute Gasteiger partial charge is 0.350 e. The van der Waals surface area contributed by atoms with Crippen LogP contribution in [0, 0.1) is 0 Å².